The van der Waals surface area contributed by atoms with E-state index in [4.69, 9.17) is 4.74 Å². The SMILES string of the molecule is CCCOCC(=O)C1CCC(CCC)CC1. The normalized spacial score (nSPS) is 25.6. The van der Waals surface area contributed by atoms with Crippen LogP contribution in [0.1, 0.15) is 58.8 Å². The van der Waals surface area contributed by atoms with Gasteiger partial charge in [-0.25, -0.2) is 0 Å². The van der Waals surface area contributed by atoms with Gasteiger partial charge in [0, 0.05) is 12.5 Å². The molecule has 1 aliphatic rings. The Bertz CT molecular complexity index is 193. The predicted molar refractivity (Wildman–Crippen MR) is 66.5 cm³/mol. The minimum absolute atomic E-state index is 0.296. The number of rotatable bonds is 7. The Morgan fingerprint density at radius 3 is 2.38 bits per heavy atom. The second-order valence-electron chi connectivity index (χ2n) is 5.03. The molecule has 0 unspecified atom stereocenters. The minimum atomic E-state index is 0.296. The summed E-state index contributed by atoms with van der Waals surface area (Å²) >= 11 is 0. The van der Waals surface area contributed by atoms with Crippen LogP contribution in [0.25, 0.3) is 0 Å². The number of ketones is 1. The Morgan fingerprint density at radius 2 is 1.81 bits per heavy atom. The predicted octanol–water partition coefficient (Wildman–Crippen LogP) is 3.59. The Labute approximate surface area is 99.8 Å². The molecule has 2 nitrogen and oxygen atoms in total. The standard InChI is InChI=1S/C14H26O2/c1-3-5-12-6-8-13(9-7-12)14(15)11-16-10-4-2/h12-13H,3-11H2,1-2H3. The third-order valence-corrected chi connectivity index (χ3v) is 3.59. The smallest absolute Gasteiger partial charge is 0.161 e. The highest BCUT2D eigenvalue weighted by atomic mass is 16.5. The Kier molecular flexibility index (Phi) is 6.70. The summed E-state index contributed by atoms with van der Waals surface area (Å²) in [4.78, 5) is 11.8. The fraction of sp³-hybridized carbons (Fsp3) is 0.929. The van der Waals surface area contributed by atoms with Gasteiger partial charge < -0.3 is 4.74 Å². The molecule has 0 N–H and O–H groups in total. The lowest BCUT2D eigenvalue weighted by Crippen LogP contribution is -2.25. The Morgan fingerprint density at radius 1 is 1.12 bits per heavy atom. The van der Waals surface area contributed by atoms with Gasteiger partial charge in [-0.2, -0.15) is 0 Å². The van der Waals surface area contributed by atoms with Gasteiger partial charge >= 0.3 is 0 Å². The zero-order valence-corrected chi connectivity index (χ0v) is 10.8. The van der Waals surface area contributed by atoms with E-state index in [1.165, 1.54) is 25.7 Å². The van der Waals surface area contributed by atoms with Crippen molar-refractivity contribution < 1.29 is 9.53 Å². The summed E-state index contributed by atoms with van der Waals surface area (Å²) < 4.78 is 5.32. The van der Waals surface area contributed by atoms with Crippen molar-refractivity contribution in [3.8, 4) is 0 Å². The molecule has 0 heterocycles. The maximum atomic E-state index is 11.8. The van der Waals surface area contributed by atoms with Gasteiger partial charge in [-0.3, -0.25) is 4.79 Å². The molecular formula is C14H26O2. The summed E-state index contributed by atoms with van der Waals surface area (Å²) in [7, 11) is 0. The van der Waals surface area contributed by atoms with Gasteiger partial charge in [0.25, 0.3) is 0 Å². The number of carbonyl (C=O) groups excluding carboxylic acids is 1. The molecule has 0 spiro atoms. The molecule has 1 saturated carbocycles. The lowest BCUT2D eigenvalue weighted by atomic mass is 9.78. The van der Waals surface area contributed by atoms with Crippen molar-refractivity contribution >= 4 is 5.78 Å². The lowest BCUT2D eigenvalue weighted by molar-refractivity contribution is -0.128. The summed E-state index contributed by atoms with van der Waals surface area (Å²) in [6.45, 7) is 5.38. The second-order valence-corrected chi connectivity index (χ2v) is 5.03. The molecule has 0 aromatic rings. The van der Waals surface area contributed by atoms with Crippen LogP contribution < -0.4 is 0 Å². The van der Waals surface area contributed by atoms with Gasteiger partial charge in [0.15, 0.2) is 5.78 Å². The molecule has 0 aromatic carbocycles. The molecule has 2 heteroatoms. The third kappa shape index (κ3) is 4.65. The molecule has 0 aliphatic heterocycles. The number of Topliss-reactive ketones (excluding diaryl/α,β-unsaturated/α-hetero) is 1. The summed E-state index contributed by atoms with van der Waals surface area (Å²) in [5.41, 5.74) is 0. The van der Waals surface area contributed by atoms with Gasteiger partial charge in [-0.1, -0.05) is 26.7 Å². The van der Waals surface area contributed by atoms with Crippen LogP contribution >= 0.6 is 0 Å². The van der Waals surface area contributed by atoms with E-state index in [2.05, 4.69) is 13.8 Å². The molecular weight excluding hydrogens is 200 g/mol. The van der Waals surface area contributed by atoms with Crippen molar-refractivity contribution in [2.45, 2.75) is 58.8 Å². The largest absolute Gasteiger partial charge is 0.374 e. The topological polar surface area (TPSA) is 26.3 Å². The van der Waals surface area contributed by atoms with E-state index in [-0.39, 0.29) is 0 Å². The van der Waals surface area contributed by atoms with E-state index in [1.54, 1.807) is 0 Å². The fourth-order valence-corrected chi connectivity index (χ4v) is 2.62. The molecule has 1 fully saturated rings. The average Bonchev–Trinajstić information content (AvgIpc) is 2.30. The van der Waals surface area contributed by atoms with Gasteiger partial charge in [-0.15, -0.1) is 0 Å². The Balaban J connectivity index is 2.17. The van der Waals surface area contributed by atoms with Crippen molar-refractivity contribution in [1.29, 1.82) is 0 Å². The molecule has 0 saturated heterocycles. The van der Waals surface area contributed by atoms with Crippen molar-refractivity contribution in [1.82, 2.24) is 0 Å². The van der Waals surface area contributed by atoms with Gasteiger partial charge in [0.2, 0.25) is 0 Å². The van der Waals surface area contributed by atoms with E-state index >= 15 is 0 Å². The first-order valence-corrected chi connectivity index (χ1v) is 6.88. The number of ether oxygens (including phenoxy) is 1. The van der Waals surface area contributed by atoms with Gasteiger partial charge in [0.1, 0.15) is 6.61 Å². The number of hydrogen-bond donors (Lipinski definition) is 0. The average molecular weight is 226 g/mol. The number of hydrogen-bond acceptors (Lipinski definition) is 2. The van der Waals surface area contributed by atoms with E-state index in [9.17, 15) is 4.79 Å². The molecule has 1 rings (SSSR count). The van der Waals surface area contributed by atoms with Crippen LogP contribution in [-0.4, -0.2) is 19.0 Å². The summed E-state index contributed by atoms with van der Waals surface area (Å²) in [5.74, 6) is 1.51. The third-order valence-electron chi connectivity index (χ3n) is 3.59. The zero-order valence-electron chi connectivity index (χ0n) is 10.8. The quantitative estimate of drug-likeness (QED) is 0.620. The van der Waals surface area contributed by atoms with Crippen LogP contribution in [-0.2, 0) is 9.53 Å². The van der Waals surface area contributed by atoms with E-state index in [0.29, 0.717) is 18.3 Å². The molecule has 0 amide bonds. The fourth-order valence-electron chi connectivity index (χ4n) is 2.62. The van der Waals surface area contributed by atoms with E-state index < -0.39 is 0 Å². The van der Waals surface area contributed by atoms with Gasteiger partial charge in [-0.05, 0) is 38.0 Å². The highest BCUT2D eigenvalue weighted by Gasteiger charge is 2.25. The van der Waals surface area contributed by atoms with Crippen molar-refractivity contribution in [3.63, 3.8) is 0 Å². The molecule has 0 aromatic heterocycles. The lowest BCUT2D eigenvalue weighted by Gasteiger charge is -2.27. The Hall–Kier alpha value is -0.370. The van der Waals surface area contributed by atoms with Crippen LogP contribution in [0.5, 0.6) is 0 Å². The minimum Gasteiger partial charge on any atom is -0.374 e. The molecule has 0 radical (unpaired) electrons. The highest BCUT2D eigenvalue weighted by Crippen LogP contribution is 2.31. The van der Waals surface area contributed by atoms with Crippen LogP contribution in [0.3, 0.4) is 0 Å². The maximum Gasteiger partial charge on any atom is 0.161 e. The van der Waals surface area contributed by atoms with Crippen LogP contribution in [0.4, 0.5) is 0 Å². The maximum absolute atomic E-state index is 11.8. The van der Waals surface area contributed by atoms with E-state index in [1.807, 2.05) is 0 Å². The van der Waals surface area contributed by atoms with E-state index in [0.717, 1.165) is 31.8 Å². The van der Waals surface area contributed by atoms with Crippen molar-refractivity contribution in [2.75, 3.05) is 13.2 Å². The molecule has 1 aliphatic carbocycles. The summed E-state index contributed by atoms with van der Waals surface area (Å²) in [5, 5.41) is 0. The van der Waals surface area contributed by atoms with Crippen LogP contribution in [0.2, 0.25) is 0 Å². The van der Waals surface area contributed by atoms with Crippen LogP contribution in [0.15, 0.2) is 0 Å². The highest BCUT2D eigenvalue weighted by molar-refractivity contribution is 5.82. The number of carbonyl (C=O) groups is 1. The monoisotopic (exact) mass is 226 g/mol. The first-order chi connectivity index (χ1) is 7.77. The molecule has 0 atom stereocenters. The first kappa shape index (κ1) is 13.7. The molecule has 0 bridgehead atoms. The van der Waals surface area contributed by atoms with Crippen molar-refractivity contribution in [2.24, 2.45) is 11.8 Å². The van der Waals surface area contributed by atoms with Gasteiger partial charge in [0.05, 0.1) is 0 Å². The van der Waals surface area contributed by atoms with Crippen LogP contribution in [0, 0.1) is 11.8 Å². The van der Waals surface area contributed by atoms with Crippen molar-refractivity contribution in [3.05, 3.63) is 0 Å². The first-order valence-electron chi connectivity index (χ1n) is 6.88. The molecule has 16 heavy (non-hydrogen) atoms. The second kappa shape index (κ2) is 7.83. The zero-order chi connectivity index (χ0) is 11.8. The molecule has 94 valence electrons. The summed E-state index contributed by atoms with van der Waals surface area (Å²) in [6, 6.07) is 0. The summed E-state index contributed by atoms with van der Waals surface area (Å²) in [6.07, 6.45) is 8.31.